The lowest BCUT2D eigenvalue weighted by Gasteiger charge is -2.46. The van der Waals surface area contributed by atoms with Gasteiger partial charge in [-0.3, -0.25) is 4.90 Å². The summed E-state index contributed by atoms with van der Waals surface area (Å²) in [5.41, 5.74) is -3.29. The molecule has 47 heavy (non-hydrogen) atoms. The van der Waals surface area contributed by atoms with E-state index in [4.69, 9.17) is 9.47 Å². The van der Waals surface area contributed by atoms with Gasteiger partial charge >= 0.3 is 18.3 Å². The molecule has 8 nitrogen and oxygen atoms in total. The molecule has 3 fully saturated rings. The van der Waals surface area contributed by atoms with Gasteiger partial charge in [-0.05, 0) is 80.9 Å². The minimum absolute atomic E-state index is 0.0144. The summed E-state index contributed by atoms with van der Waals surface area (Å²) >= 11 is 2.85. The van der Waals surface area contributed by atoms with Gasteiger partial charge in [-0.2, -0.15) is 31.9 Å². The highest BCUT2D eigenvalue weighted by Crippen LogP contribution is 2.50. The quantitative estimate of drug-likeness (QED) is 0.296. The first-order valence-electron chi connectivity index (χ1n) is 15.6. The highest BCUT2D eigenvalue weighted by atomic mass is 79.9. The maximum atomic E-state index is 16.0. The second-order valence-electron chi connectivity index (χ2n) is 13.8. The van der Waals surface area contributed by atoms with Gasteiger partial charge in [-0.15, -0.1) is 0 Å². The van der Waals surface area contributed by atoms with Crippen LogP contribution in [0.15, 0.2) is 22.7 Å². The van der Waals surface area contributed by atoms with Crippen LogP contribution in [0.4, 0.5) is 37.0 Å². The van der Waals surface area contributed by atoms with E-state index >= 15 is 4.39 Å². The van der Waals surface area contributed by atoms with E-state index in [0.29, 0.717) is 19.4 Å². The molecule has 1 amide bonds. The molecule has 0 radical (unpaired) electrons. The molecule has 1 aromatic heterocycles. The van der Waals surface area contributed by atoms with E-state index < -0.39 is 57.4 Å². The Morgan fingerprint density at radius 1 is 1.17 bits per heavy atom. The zero-order valence-corrected chi connectivity index (χ0v) is 28.1. The standard InChI is InChI=1S/C32H36BrF6N5O3/c1-6-18-13-43-19(14-44(18)29(45)47-30(3,4)5)10-16(2)20-21-25(24(34)23(33)22(20)32(37,38)39)40-28(41-27(21)43)46-15-31-8-7-9-42(31)12-17(11-31)26(35)36/h18-19H,2,6-15H2,1,3-5H3/t18-,19-,31+/m1/s1. The number of carbonyl (C=O) groups is 1. The third-order valence-electron chi connectivity index (χ3n) is 9.58. The molecule has 0 bridgehead atoms. The van der Waals surface area contributed by atoms with E-state index in [1.807, 2.05) is 11.8 Å². The molecule has 4 aliphatic heterocycles. The number of ether oxygens (including phenoxy) is 2. The van der Waals surface area contributed by atoms with Gasteiger partial charge in [0.05, 0.1) is 33.0 Å². The smallest absolute Gasteiger partial charge is 0.418 e. The van der Waals surface area contributed by atoms with Gasteiger partial charge in [0.1, 0.15) is 23.5 Å². The van der Waals surface area contributed by atoms with Crippen LogP contribution in [-0.4, -0.2) is 81.9 Å². The fourth-order valence-electron chi connectivity index (χ4n) is 7.49. The van der Waals surface area contributed by atoms with Crippen molar-refractivity contribution in [2.45, 2.75) is 89.2 Å². The Morgan fingerprint density at radius 3 is 2.53 bits per heavy atom. The zero-order valence-electron chi connectivity index (χ0n) is 26.5. The minimum Gasteiger partial charge on any atom is -0.461 e. The molecule has 3 atom stereocenters. The number of carbonyl (C=O) groups excluding carboxylic acids is 1. The Bertz CT molecular complexity index is 1670. The van der Waals surface area contributed by atoms with E-state index in [0.717, 1.165) is 6.42 Å². The first kappa shape index (κ1) is 33.8. The number of amides is 1. The molecule has 4 aliphatic rings. The van der Waals surface area contributed by atoms with Crippen molar-refractivity contribution in [1.29, 1.82) is 0 Å². The van der Waals surface area contributed by atoms with Crippen LogP contribution in [0.25, 0.3) is 16.5 Å². The Kier molecular flexibility index (Phi) is 8.50. The van der Waals surface area contributed by atoms with Crippen molar-refractivity contribution in [2.24, 2.45) is 0 Å². The number of hydrogen-bond donors (Lipinski definition) is 0. The highest BCUT2D eigenvalue weighted by Gasteiger charge is 2.49. The fraction of sp³-hybridized carbons (Fsp3) is 0.594. The summed E-state index contributed by atoms with van der Waals surface area (Å²) in [6.07, 6.45) is -5.24. The van der Waals surface area contributed by atoms with E-state index in [9.17, 15) is 26.7 Å². The lowest BCUT2D eigenvalue weighted by Crippen LogP contribution is -2.60. The Labute approximate surface area is 276 Å². The number of nitrogens with zero attached hydrogens (tertiary/aromatic N) is 5. The summed E-state index contributed by atoms with van der Waals surface area (Å²) < 4.78 is 97.9. The molecular formula is C32H36BrF6N5O3. The van der Waals surface area contributed by atoms with Gasteiger partial charge in [0.25, 0.3) is 6.08 Å². The van der Waals surface area contributed by atoms with Crippen LogP contribution >= 0.6 is 15.9 Å². The van der Waals surface area contributed by atoms with Crippen molar-refractivity contribution < 1.29 is 40.6 Å². The highest BCUT2D eigenvalue weighted by molar-refractivity contribution is 9.10. The molecule has 0 spiro atoms. The largest absolute Gasteiger partial charge is 0.461 e. The van der Waals surface area contributed by atoms with Crippen LogP contribution in [0.1, 0.15) is 70.9 Å². The summed E-state index contributed by atoms with van der Waals surface area (Å²) in [6.45, 7) is 12.1. The predicted octanol–water partition coefficient (Wildman–Crippen LogP) is 7.94. The van der Waals surface area contributed by atoms with Crippen LogP contribution in [-0.2, 0) is 10.9 Å². The number of anilines is 1. The van der Waals surface area contributed by atoms with Crippen molar-refractivity contribution >= 4 is 44.3 Å². The summed E-state index contributed by atoms with van der Waals surface area (Å²) in [4.78, 5) is 27.5. The maximum absolute atomic E-state index is 16.0. The van der Waals surface area contributed by atoms with E-state index in [1.165, 1.54) is 0 Å². The van der Waals surface area contributed by atoms with Crippen molar-refractivity contribution in [2.75, 3.05) is 37.7 Å². The monoisotopic (exact) mass is 731 g/mol. The van der Waals surface area contributed by atoms with E-state index in [-0.39, 0.29) is 78.5 Å². The van der Waals surface area contributed by atoms with Gasteiger partial charge in [-0.1, -0.05) is 13.5 Å². The number of halogens is 7. The van der Waals surface area contributed by atoms with Gasteiger partial charge in [0, 0.05) is 30.8 Å². The minimum atomic E-state index is -4.96. The Morgan fingerprint density at radius 2 is 1.89 bits per heavy atom. The van der Waals surface area contributed by atoms with Crippen molar-refractivity contribution in [3.8, 4) is 6.01 Å². The van der Waals surface area contributed by atoms with Crippen LogP contribution in [0, 0.1) is 5.82 Å². The number of rotatable bonds is 4. The molecular weight excluding hydrogens is 696 g/mol. The number of piperazine rings is 1. The Balaban J connectivity index is 1.47. The molecule has 0 saturated carbocycles. The first-order valence-corrected chi connectivity index (χ1v) is 16.4. The molecule has 2 aromatic rings. The molecule has 0 N–H and O–H groups in total. The SMILES string of the molecule is C=C1C[C@@H]2CN(C(=O)OC(C)(C)C)[C@H](CC)CN2c2nc(OC[C@@]34CCCN3CC(=C(F)F)C4)nc3c(F)c(Br)c(C(F)(F)F)c1c23. The van der Waals surface area contributed by atoms with Crippen LogP contribution in [0.3, 0.4) is 0 Å². The van der Waals surface area contributed by atoms with E-state index in [1.54, 1.807) is 30.6 Å². The molecule has 256 valence electrons. The zero-order chi connectivity index (χ0) is 34.2. The number of aromatic nitrogens is 2. The third kappa shape index (κ3) is 5.95. The lowest BCUT2D eigenvalue weighted by atomic mass is 9.92. The third-order valence-corrected chi connectivity index (χ3v) is 10.3. The number of fused-ring (bicyclic) bond motifs is 3. The first-order chi connectivity index (χ1) is 21.9. The molecule has 1 aromatic carbocycles. The van der Waals surface area contributed by atoms with Crippen LogP contribution in [0.5, 0.6) is 6.01 Å². The molecule has 3 saturated heterocycles. The lowest BCUT2D eigenvalue weighted by molar-refractivity contribution is -0.138. The van der Waals surface area contributed by atoms with Crippen molar-refractivity contribution in [3.63, 3.8) is 0 Å². The van der Waals surface area contributed by atoms with Crippen LogP contribution < -0.4 is 9.64 Å². The summed E-state index contributed by atoms with van der Waals surface area (Å²) in [7, 11) is 0. The molecule has 0 aliphatic carbocycles. The predicted molar refractivity (Wildman–Crippen MR) is 167 cm³/mol. The Hall–Kier alpha value is -3.07. The number of benzene rings is 1. The average molecular weight is 733 g/mol. The number of alkyl halides is 3. The summed E-state index contributed by atoms with van der Waals surface area (Å²) in [6, 6.07) is -1.27. The van der Waals surface area contributed by atoms with Crippen LogP contribution in [0.2, 0.25) is 0 Å². The fourth-order valence-corrected chi connectivity index (χ4v) is 8.10. The number of hydrogen-bond acceptors (Lipinski definition) is 7. The second-order valence-corrected chi connectivity index (χ2v) is 14.6. The molecule has 5 heterocycles. The van der Waals surface area contributed by atoms with Gasteiger partial charge in [0.15, 0.2) is 5.82 Å². The van der Waals surface area contributed by atoms with Gasteiger partial charge in [0.2, 0.25) is 0 Å². The second kappa shape index (κ2) is 11.8. The van der Waals surface area contributed by atoms with E-state index in [2.05, 4.69) is 32.5 Å². The molecule has 0 unspecified atom stereocenters. The average Bonchev–Trinajstić information content (AvgIpc) is 3.50. The summed E-state index contributed by atoms with van der Waals surface area (Å²) in [5.74, 6) is -1.20. The molecule has 15 heteroatoms. The van der Waals surface area contributed by atoms with Crippen molar-refractivity contribution in [1.82, 2.24) is 19.8 Å². The van der Waals surface area contributed by atoms with Crippen molar-refractivity contribution in [3.05, 3.63) is 39.6 Å². The van der Waals surface area contributed by atoms with Gasteiger partial charge < -0.3 is 19.3 Å². The van der Waals surface area contributed by atoms with Gasteiger partial charge in [-0.25, -0.2) is 9.18 Å². The summed E-state index contributed by atoms with van der Waals surface area (Å²) in [5, 5.41) is -0.148. The maximum Gasteiger partial charge on any atom is 0.418 e. The topological polar surface area (TPSA) is 71.0 Å². The molecule has 6 rings (SSSR count). The normalized spacial score (nSPS) is 24.8.